The maximum Gasteiger partial charge on any atom is 0.337 e. The first kappa shape index (κ1) is 10.1. The molecule has 0 aliphatic heterocycles. The van der Waals surface area contributed by atoms with Crippen molar-refractivity contribution in [3.05, 3.63) is 23.8 Å². The first-order chi connectivity index (χ1) is 6.19. The third kappa shape index (κ3) is 2.24. The molecule has 0 bridgehead atoms. The molecule has 5 heteroatoms. The van der Waals surface area contributed by atoms with E-state index in [9.17, 15) is 4.79 Å². The molecule has 0 aliphatic carbocycles. The molecule has 1 rings (SSSR count). The van der Waals surface area contributed by atoms with Gasteiger partial charge >= 0.3 is 5.97 Å². The number of ether oxygens (including phenoxy) is 1. The van der Waals surface area contributed by atoms with E-state index < -0.39 is 0 Å². The van der Waals surface area contributed by atoms with Gasteiger partial charge in [0, 0.05) is 0 Å². The first-order valence-electron chi connectivity index (χ1n) is 3.53. The quantitative estimate of drug-likeness (QED) is 0.378. The third-order valence-electron chi connectivity index (χ3n) is 1.57. The lowest BCUT2D eigenvalue weighted by molar-refractivity contribution is 0.0601. The molecule has 0 heterocycles. The number of hydrogen-bond acceptors (Lipinski definition) is 4. The molecule has 1 aromatic carbocycles. The summed E-state index contributed by atoms with van der Waals surface area (Å²) in [6, 6.07) is 4.96. The van der Waals surface area contributed by atoms with Crippen LogP contribution in [-0.4, -0.2) is 13.1 Å². The molecule has 3 N–H and O–H groups in total. The highest BCUT2D eigenvalue weighted by Gasteiger charge is 2.06. The van der Waals surface area contributed by atoms with E-state index in [4.69, 9.17) is 5.73 Å². The minimum absolute atomic E-state index is 0.383. The maximum absolute atomic E-state index is 11.1. The van der Waals surface area contributed by atoms with Gasteiger partial charge in [-0.05, 0) is 18.2 Å². The zero-order chi connectivity index (χ0) is 9.84. The molecule has 0 saturated carbocycles. The number of halogens is 1. The number of nitrogens with two attached hydrogens (primary N) is 1. The monoisotopic (exact) mass is 292 g/mol. The Morgan fingerprint density at radius 3 is 2.77 bits per heavy atom. The molecule has 0 aliphatic rings. The van der Waals surface area contributed by atoms with E-state index in [-0.39, 0.29) is 5.97 Å². The Kier molecular flexibility index (Phi) is 3.35. The number of carbonyl (C=O) groups excluding carboxylic acids is 1. The second-order valence-corrected chi connectivity index (χ2v) is 2.93. The molecule has 0 spiro atoms. The molecule has 13 heavy (non-hydrogen) atoms. The minimum atomic E-state index is -0.383. The van der Waals surface area contributed by atoms with E-state index >= 15 is 0 Å². The van der Waals surface area contributed by atoms with Gasteiger partial charge in [0.25, 0.3) is 0 Å². The van der Waals surface area contributed by atoms with E-state index in [1.54, 1.807) is 18.2 Å². The largest absolute Gasteiger partial charge is 0.465 e. The third-order valence-corrected chi connectivity index (χ3v) is 2.16. The fraction of sp³-hybridized carbons (Fsp3) is 0.125. The molecule has 0 radical (unpaired) electrons. The second kappa shape index (κ2) is 4.31. The number of esters is 1. The first-order valence-corrected chi connectivity index (χ1v) is 4.61. The van der Waals surface area contributed by atoms with Crippen molar-refractivity contribution in [2.24, 2.45) is 0 Å². The van der Waals surface area contributed by atoms with Gasteiger partial charge < -0.3 is 14.0 Å². The zero-order valence-corrected chi connectivity index (χ0v) is 9.16. The lowest BCUT2D eigenvalue weighted by Crippen LogP contribution is -2.02. The smallest absolute Gasteiger partial charge is 0.337 e. The summed E-state index contributed by atoms with van der Waals surface area (Å²) in [6.45, 7) is 0. The summed E-state index contributed by atoms with van der Waals surface area (Å²) in [4.78, 5) is 11.1. The highest BCUT2D eigenvalue weighted by atomic mass is 127. The highest BCUT2D eigenvalue weighted by molar-refractivity contribution is 14.1. The van der Waals surface area contributed by atoms with Crippen LogP contribution in [0.15, 0.2) is 18.2 Å². The molecular formula is C8H9IN2O2. The topological polar surface area (TPSA) is 64.3 Å². The van der Waals surface area contributed by atoms with Crippen LogP contribution in [0.4, 0.5) is 11.4 Å². The Hall–Kier alpha value is -0.980. The summed E-state index contributed by atoms with van der Waals surface area (Å²) < 4.78 is 7.42. The van der Waals surface area contributed by atoms with Crippen LogP contribution < -0.4 is 9.26 Å². The zero-order valence-electron chi connectivity index (χ0n) is 7.00. The lowest BCUT2D eigenvalue weighted by atomic mass is 10.2. The van der Waals surface area contributed by atoms with Gasteiger partial charge in [0.2, 0.25) is 0 Å². The van der Waals surface area contributed by atoms with Crippen LogP contribution >= 0.6 is 22.9 Å². The van der Waals surface area contributed by atoms with Crippen molar-refractivity contribution in [2.45, 2.75) is 0 Å². The van der Waals surface area contributed by atoms with Gasteiger partial charge in [-0.15, -0.1) is 0 Å². The molecule has 0 amide bonds. The molecular weight excluding hydrogens is 283 g/mol. The van der Waals surface area contributed by atoms with Gasteiger partial charge in [0.05, 0.1) is 46.9 Å². The van der Waals surface area contributed by atoms with E-state index in [0.29, 0.717) is 11.3 Å². The number of methoxy groups -OCH3 is 1. The highest BCUT2D eigenvalue weighted by Crippen LogP contribution is 2.21. The molecule has 0 unspecified atom stereocenters. The summed E-state index contributed by atoms with van der Waals surface area (Å²) in [7, 11) is 1.34. The lowest BCUT2D eigenvalue weighted by Gasteiger charge is -2.04. The maximum atomic E-state index is 11.1. The van der Waals surface area contributed by atoms with Crippen LogP contribution in [0.25, 0.3) is 0 Å². The number of nitrogens with one attached hydrogen (secondary N) is 1. The van der Waals surface area contributed by atoms with E-state index in [0.717, 1.165) is 5.69 Å². The normalized spacial score (nSPS) is 9.38. The SMILES string of the molecule is COC(=O)c1ccc(NI)c(N)c1. The number of carbonyl (C=O) groups is 1. The number of rotatable bonds is 2. The molecule has 4 nitrogen and oxygen atoms in total. The summed E-state index contributed by atoms with van der Waals surface area (Å²) in [5.74, 6) is -0.383. The molecule has 0 saturated heterocycles. The van der Waals surface area contributed by atoms with Crippen LogP contribution in [0, 0.1) is 0 Å². The average molecular weight is 292 g/mol. The van der Waals surface area contributed by atoms with Crippen LogP contribution in [0.5, 0.6) is 0 Å². The van der Waals surface area contributed by atoms with Crippen molar-refractivity contribution in [2.75, 3.05) is 16.4 Å². The number of benzene rings is 1. The van der Waals surface area contributed by atoms with Gasteiger partial charge in [0.1, 0.15) is 0 Å². The van der Waals surface area contributed by atoms with Crippen molar-refractivity contribution in [3.8, 4) is 0 Å². The van der Waals surface area contributed by atoms with Crippen molar-refractivity contribution in [1.82, 2.24) is 0 Å². The number of anilines is 2. The van der Waals surface area contributed by atoms with Gasteiger partial charge in [-0.25, -0.2) is 4.79 Å². The van der Waals surface area contributed by atoms with E-state index in [1.807, 2.05) is 22.9 Å². The summed E-state index contributed by atoms with van der Waals surface area (Å²) in [6.07, 6.45) is 0. The van der Waals surface area contributed by atoms with Gasteiger partial charge in [0.15, 0.2) is 0 Å². The van der Waals surface area contributed by atoms with Crippen molar-refractivity contribution < 1.29 is 9.53 Å². The number of hydrogen-bond donors (Lipinski definition) is 2. The number of nitrogen functional groups attached to an aromatic ring is 1. The van der Waals surface area contributed by atoms with Crippen molar-refractivity contribution >= 4 is 40.2 Å². The Labute approximate surface area is 89.9 Å². The Morgan fingerprint density at radius 2 is 2.31 bits per heavy atom. The second-order valence-electron chi connectivity index (χ2n) is 2.39. The summed E-state index contributed by atoms with van der Waals surface area (Å²) in [5, 5.41) is 0. The van der Waals surface area contributed by atoms with Gasteiger partial charge in [-0.1, -0.05) is 0 Å². The van der Waals surface area contributed by atoms with Crippen molar-refractivity contribution in [1.29, 1.82) is 0 Å². The Morgan fingerprint density at radius 1 is 1.62 bits per heavy atom. The fourth-order valence-electron chi connectivity index (χ4n) is 0.894. The molecule has 1 aromatic rings. The standard InChI is InChI=1S/C8H9IN2O2/c1-13-8(12)5-2-3-7(11-9)6(10)4-5/h2-4,11H,10H2,1H3. The molecule has 0 fully saturated rings. The molecule has 0 atom stereocenters. The van der Waals surface area contributed by atoms with Crippen molar-refractivity contribution in [3.63, 3.8) is 0 Å². The fourth-order valence-corrected chi connectivity index (χ4v) is 1.38. The van der Waals surface area contributed by atoms with Crippen LogP contribution in [-0.2, 0) is 4.74 Å². The average Bonchev–Trinajstić information content (AvgIpc) is 2.16. The van der Waals surface area contributed by atoms with Gasteiger partial charge in [-0.3, -0.25) is 0 Å². The predicted octanol–water partition coefficient (Wildman–Crippen LogP) is 1.82. The summed E-state index contributed by atoms with van der Waals surface area (Å²) >= 11 is 1.97. The Bertz CT molecular complexity index is 328. The minimum Gasteiger partial charge on any atom is -0.465 e. The van der Waals surface area contributed by atoms with Gasteiger partial charge in [-0.2, -0.15) is 0 Å². The van der Waals surface area contributed by atoms with Crippen LogP contribution in [0.2, 0.25) is 0 Å². The molecule has 0 aromatic heterocycles. The Balaban J connectivity index is 3.02. The molecule has 70 valence electrons. The van der Waals surface area contributed by atoms with Crippen LogP contribution in [0.1, 0.15) is 10.4 Å². The van der Waals surface area contributed by atoms with Crippen LogP contribution in [0.3, 0.4) is 0 Å². The predicted molar refractivity (Wildman–Crippen MR) is 59.8 cm³/mol. The summed E-state index contributed by atoms with van der Waals surface area (Å²) in [5.41, 5.74) is 7.41. The van der Waals surface area contributed by atoms with E-state index in [2.05, 4.69) is 8.27 Å². The van der Waals surface area contributed by atoms with E-state index in [1.165, 1.54) is 7.11 Å².